The molecule has 4 rings (SSSR count). The fourth-order valence-electron chi connectivity index (χ4n) is 3.59. The first-order valence-corrected chi connectivity index (χ1v) is 8.38. The maximum Gasteiger partial charge on any atom is 0.137 e. The summed E-state index contributed by atoms with van der Waals surface area (Å²) in [5, 5.41) is 0. The predicted octanol–water partition coefficient (Wildman–Crippen LogP) is 4.24. The van der Waals surface area contributed by atoms with Gasteiger partial charge in [0, 0.05) is 30.8 Å². The molecular weight excluding hydrogens is 300 g/mol. The maximum absolute atomic E-state index is 11.9. The zero-order valence-electron chi connectivity index (χ0n) is 13.7. The summed E-state index contributed by atoms with van der Waals surface area (Å²) >= 11 is 0. The lowest BCUT2D eigenvalue weighted by molar-refractivity contribution is -0.120. The number of ketones is 1. The van der Waals surface area contributed by atoms with E-state index in [4.69, 9.17) is 9.72 Å². The van der Waals surface area contributed by atoms with E-state index in [0.717, 1.165) is 35.5 Å². The number of hydrogen-bond donors (Lipinski definition) is 0. The van der Waals surface area contributed by atoms with Crippen molar-refractivity contribution in [3.05, 3.63) is 54.4 Å². The average Bonchev–Trinajstić information content (AvgIpc) is 3.05. The van der Waals surface area contributed by atoms with Crippen molar-refractivity contribution in [1.82, 2.24) is 9.38 Å². The molecule has 122 valence electrons. The molecule has 0 amide bonds. The minimum atomic E-state index is 0.251. The number of fused-ring (bicyclic) bond motifs is 1. The highest BCUT2D eigenvalue weighted by atomic mass is 16.5. The molecule has 1 atom stereocenters. The van der Waals surface area contributed by atoms with Crippen LogP contribution in [0.4, 0.5) is 0 Å². The maximum atomic E-state index is 11.9. The van der Waals surface area contributed by atoms with Crippen LogP contribution in [-0.4, -0.2) is 22.3 Å². The molecule has 4 heteroatoms. The molecular formula is C20H20N2O2. The van der Waals surface area contributed by atoms with Gasteiger partial charge < -0.3 is 9.14 Å². The number of pyridine rings is 1. The monoisotopic (exact) mass is 320 g/mol. The number of imidazole rings is 1. The molecule has 0 saturated heterocycles. The van der Waals surface area contributed by atoms with Gasteiger partial charge in [-0.15, -0.1) is 0 Å². The van der Waals surface area contributed by atoms with Crippen LogP contribution in [0.1, 0.15) is 37.2 Å². The van der Waals surface area contributed by atoms with Crippen LogP contribution < -0.4 is 4.74 Å². The van der Waals surface area contributed by atoms with Crippen molar-refractivity contribution in [3.8, 4) is 17.0 Å². The number of methoxy groups -OCH3 is 1. The molecule has 1 unspecified atom stereocenters. The SMILES string of the molecule is COc1ccc(-c2cn3ccccc3n2)c(C2CCCC(=O)C2)c1. The van der Waals surface area contributed by atoms with Crippen LogP contribution >= 0.6 is 0 Å². The quantitative estimate of drug-likeness (QED) is 0.725. The van der Waals surface area contributed by atoms with E-state index >= 15 is 0 Å². The van der Waals surface area contributed by atoms with Gasteiger partial charge in [-0.3, -0.25) is 4.79 Å². The molecule has 24 heavy (non-hydrogen) atoms. The molecule has 2 heterocycles. The van der Waals surface area contributed by atoms with Gasteiger partial charge in [0.1, 0.15) is 17.2 Å². The highest BCUT2D eigenvalue weighted by molar-refractivity contribution is 5.81. The van der Waals surface area contributed by atoms with Crippen molar-refractivity contribution in [1.29, 1.82) is 0 Å². The number of ether oxygens (including phenoxy) is 1. The minimum absolute atomic E-state index is 0.251. The fourth-order valence-corrected chi connectivity index (χ4v) is 3.59. The molecule has 1 fully saturated rings. The molecule has 0 N–H and O–H groups in total. The third kappa shape index (κ3) is 2.68. The Balaban J connectivity index is 1.83. The molecule has 4 nitrogen and oxygen atoms in total. The minimum Gasteiger partial charge on any atom is -0.497 e. The highest BCUT2D eigenvalue weighted by Gasteiger charge is 2.24. The largest absolute Gasteiger partial charge is 0.497 e. The highest BCUT2D eigenvalue weighted by Crippen LogP contribution is 2.38. The van der Waals surface area contributed by atoms with E-state index in [-0.39, 0.29) is 5.92 Å². The molecule has 2 aromatic heterocycles. The number of hydrogen-bond acceptors (Lipinski definition) is 3. The van der Waals surface area contributed by atoms with Crippen LogP contribution in [-0.2, 0) is 4.79 Å². The van der Waals surface area contributed by atoms with Crippen molar-refractivity contribution in [2.75, 3.05) is 7.11 Å². The van der Waals surface area contributed by atoms with Gasteiger partial charge in [-0.1, -0.05) is 6.07 Å². The van der Waals surface area contributed by atoms with Crippen molar-refractivity contribution in [2.24, 2.45) is 0 Å². The summed E-state index contributed by atoms with van der Waals surface area (Å²) in [6.07, 6.45) is 7.38. The van der Waals surface area contributed by atoms with E-state index in [1.165, 1.54) is 5.56 Å². The number of carbonyl (C=O) groups excluding carboxylic acids is 1. The Morgan fingerprint density at radius 3 is 2.96 bits per heavy atom. The van der Waals surface area contributed by atoms with Crippen LogP contribution in [0, 0.1) is 0 Å². The Morgan fingerprint density at radius 2 is 2.17 bits per heavy atom. The first-order chi connectivity index (χ1) is 11.7. The van der Waals surface area contributed by atoms with Gasteiger partial charge in [-0.05, 0) is 54.7 Å². The van der Waals surface area contributed by atoms with Gasteiger partial charge >= 0.3 is 0 Å². The number of carbonyl (C=O) groups is 1. The number of rotatable bonds is 3. The standard InChI is InChI=1S/C20H20N2O2/c1-24-16-8-9-17(18(12-16)14-5-4-6-15(23)11-14)19-13-22-10-3-2-7-20(22)21-19/h2-3,7-10,12-14H,4-6,11H2,1H3. The summed E-state index contributed by atoms with van der Waals surface area (Å²) in [5.74, 6) is 1.44. The van der Waals surface area contributed by atoms with Gasteiger partial charge in [0.05, 0.1) is 12.8 Å². The van der Waals surface area contributed by atoms with Gasteiger partial charge in [0.2, 0.25) is 0 Å². The summed E-state index contributed by atoms with van der Waals surface area (Å²) in [7, 11) is 1.68. The van der Waals surface area contributed by atoms with Crippen molar-refractivity contribution in [2.45, 2.75) is 31.6 Å². The summed E-state index contributed by atoms with van der Waals surface area (Å²) in [6.45, 7) is 0. The Hall–Kier alpha value is -2.62. The summed E-state index contributed by atoms with van der Waals surface area (Å²) < 4.78 is 7.43. The number of aromatic nitrogens is 2. The second-order valence-corrected chi connectivity index (χ2v) is 6.38. The Morgan fingerprint density at radius 1 is 1.25 bits per heavy atom. The van der Waals surface area contributed by atoms with Crippen LogP contribution in [0.25, 0.3) is 16.9 Å². The normalized spacial score (nSPS) is 18.0. The second kappa shape index (κ2) is 6.11. The van der Waals surface area contributed by atoms with Crippen molar-refractivity contribution >= 4 is 11.4 Å². The predicted molar refractivity (Wildman–Crippen MR) is 93.4 cm³/mol. The van der Waals surface area contributed by atoms with E-state index in [2.05, 4.69) is 12.1 Å². The van der Waals surface area contributed by atoms with Crippen LogP contribution in [0.3, 0.4) is 0 Å². The Labute approximate surface area is 141 Å². The third-order valence-corrected chi connectivity index (χ3v) is 4.82. The van der Waals surface area contributed by atoms with Crippen LogP contribution in [0.2, 0.25) is 0 Å². The molecule has 1 aliphatic carbocycles. The molecule has 1 aliphatic rings. The summed E-state index contributed by atoms with van der Waals surface area (Å²) in [4.78, 5) is 16.7. The van der Waals surface area contributed by atoms with E-state index in [9.17, 15) is 4.79 Å². The number of benzene rings is 1. The van der Waals surface area contributed by atoms with Crippen LogP contribution in [0.5, 0.6) is 5.75 Å². The molecule has 0 aliphatic heterocycles. The molecule has 1 saturated carbocycles. The first kappa shape index (κ1) is 14.9. The third-order valence-electron chi connectivity index (χ3n) is 4.82. The van der Waals surface area contributed by atoms with E-state index < -0.39 is 0 Å². The lowest BCUT2D eigenvalue weighted by atomic mass is 9.81. The smallest absolute Gasteiger partial charge is 0.137 e. The Kier molecular flexibility index (Phi) is 3.81. The van der Waals surface area contributed by atoms with Gasteiger partial charge in [-0.25, -0.2) is 4.98 Å². The van der Waals surface area contributed by atoms with E-state index in [1.54, 1.807) is 7.11 Å². The molecule has 0 radical (unpaired) electrons. The average molecular weight is 320 g/mol. The fraction of sp³-hybridized carbons (Fsp3) is 0.300. The van der Waals surface area contributed by atoms with E-state index in [1.807, 2.05) is 41.1 Å². The summed E-state index contributed by atoms with van der Waals surface area (Å²) in [5.41, 5.74) is 4.14. The Bertz CT molecular complexity index is 865. The van der Waals surface area contributed by atoms with Crippen LogP contribution in [0.15, 0.2) is 48.8 Å². The van der Waals surface area contributed by atoms with Gasteiger partial charge in [-0.2, -0.15) is 0 Å². The van der Waals surface area contributed by atoms with Crippen molar-refractivity contribution < 1.29 is 9.53 Å². The lowest BCUT2D eigenvalue weighted by Gasteiger charge is -2.23. The number of Topliss-reactive ketones (excluding diaryl/α,β-unsaturated/α-hetero) is 1. The topological polar surface area (TPSA) is 43.6 Å². The zero-order chi connectivity index (χ0) is 16.5. The van der Waals surface area contributed by atoms with Gasteiger partial charge in [0.25, 0.3) is 0 Å². The first-order valence-electron chi connectivity index (χ1n) is 8.38. The molecule has 0 spiro atoms. The second-order valence-electron chi connectivity index (χ2n) is 6.38. The van der Waals surface area contributed by atoms with Crippen molar-refractivity contribution in [3.63, 3.8) is 0 Å². The molecule has 0 bridgehead atoms. The molecule has 3 aromatic rings. The zero-order valence-corrected chi connectivity index (χ0v) is 13.7. The lowest BCUT2D eigenvalue weighted by Crippen LogP contribution is -2.14. The van der Waals surface area contributed by atoms with Gasteiger partial charge in [0.15, 0.2) is 0 Å². The summed E-state index contributed by atoms with van der Waals surface area (Å²) in [6, 6.07) is 12.1. The molecule has 1 aromatic carbocycles. The number of nitrogens with zero attached hydrogens (tertiary/aromatic N) is 2. The van der Waals surface area contributed by atoms with E-state index in [0.29, 0.717) is 18.6 Å².